The van der Waals surface area contributed by atoms with Crippen LogP contribution in [0, 0.1) is 34.9 Å². The molecule has 0 aromatic heterocycles. The van der Waals surface area contributed by atoms with Crippen molar-refractivity contribution >= 4 is 11.4 Å². The highest BCUT2D eigenvalue weighted by atomic mass is 19.4. The average molecular weight is 604 g/mol. The largest absolute Gasteiger partial charge is 0.451 e. The van der Waals surface area contributed by atoms with E-state index in [1.54, 1.807) is 0 Å². The number of halogens is 15. The summed E-state index contributed by atoms with van der Waals surface area (Å²) in [6.07, 6.45) is -17.0. The van der Waals surface area contributed by atoms with E-state index in [4.69, 9.17) is 11.5 Å². The molecule has 19 heteroatoms. The molecule has 0 aliphatic heterocycles. The second-order valence-electron chi connectivity index (χ2n) is 7.47. The fraction of sp³-hybridized carbons (Fsp3) is 0.143. The zero-order chi connectivity index (χ0) is 30.7. The number of benzene rings is 3. The third-order valence-electron chi connectivity index (χ3n) is 4.89. The van der Waals surface area contributed by atoms with Gasteiger partial charge in [0.05, 0.1) is 16.9 Å². The topological polar surface area (TPSA) is 70.5 Å². The van der Waals surface area contributed by atoms with Crippen LogP contribution >= 0.6 is 0 Å². The number of anilines is 2. The van der Waals surface area contributed by atoms with Crippen LogP contribution in [-0.2, 0) is 18.5 Å². The fourth-order valence-corrected chi connectivity index (χ4v) is 3.16. The van der Waals surface area contributed by atoms with Crippen molar-refractivity contribution in [1.82, 2.24) is 0 Å². The third kappa shape index (κ3) is 5.31. The summed E-state index contributed by atoms with van der Waals surface area (Å²) in [4.78, 5) is 0. The second-order valence-corrected chi connectivity index (χ2v) is 7.47. The molecular weight excluding hydrogens is 597 g/mol. The lowest BCUT2D eigenvalue weighted by atomic mass is 10.1. The van der Waals surface area contributed by atoms with E-state index in [9.17, 15) is 65.9 Å². The summed E-state index contributed by atoms with van der Waals surface area (Å²) in [5.74, 6) is -23.3. The van der Waals surface area contributed by atoms with Crippen molar-refractivity contribution in [3.05, 3.63) is 69.8 Å². The average Bonchev–Trinajstić information content (AvgIpc) is 2.80. The van der Waals surface area contributed by atoms with E-state index < -0.39 is 104 Å². The Kier molecular flexibility index (Phi) is 7.42. The van der Waals surface area contributed by atoms with Crippen LogP contribution in [0.3, 0.4) is 0 Å². The molecule has 3 aromatic rings. The summed E-state index contributed by atoms with van der Waals surface area (Å²) in [7, 11) is 0. The van der Waals surface area contributed by atoms with Crippen molar-refractivity contribution in [2.45, 2.75) is 18.5 Å². The molecule has 0 spiro atoms. The molecule has 0 heterocycles. The predicted octanol–water partition coefficient (Wildman–Crippen LogP) is 8.33. The van der Waals surface area contributed by atoms with Gasteiger partial charge in [0, 0.05) is 6.07 Å². The van der Waals surface area contributed by atoms with Gasteiger partial charge in [-0.25, -0.2) is 17.6 Å². The van der Waals surface area contributed by atoms with Crippen molar-refractivity contribution in [2.75, 3.05) is 11.5 Å². The molecule has 0 atom stereocenters. The summed E-state index contributed by atoms with van der Waals surface area (Å²) >= 11 is 0. The van der Waals surface area contributed by atoms with Crippen molar-refractivity contribution in [3.63, 3.8) is 0 Å². The molecule has 4 nitrogen and oxygen atoms in total. The summed E-state index contributed by atoms with van der Waals surface area (Å²) < 4.78 is 212. The van der Waals surface area contributed by atoms with Gasteiger partial charge in [0.15, 0.2) is 23.3 Å². The summed E-state index contributed by atoms with van der Waals surface area (Å²) in [6, 6.07) is 0.0940. The Bertz CT molecular complexity index is 1440. The van der Waals surface area contributed by atoms with Gasteiger partial charge in [0.1, 0.15) is 22.6 Å². The van der Waals surface area contributed by atoms with Crippen LogP contribution < -0.4 is 20.9 Å². The molecule has 4 N–H and O–H groups in total. The first-order valence-corrected chi connectivity index (χ1v) is 9.72. The number of rotatable bonds is 4. The Morgan fingerprint density at radius 1 is 0.500 bits per heavy atom. The molecule has 0 fully saturated rings. The van der Waals surface area contributed by atoms with Gasteiger partial charge >= 0.3 is 18.5 Å². The van der Waals surface area contributed by atoms with E-state index >= 15 is 0 Å². The lowest BCUT2D eigenvalue weighted by Gasteiger charge is -2.19. The highest BCUT2D eigenvalue weighted by molar-refractivity contribution is 5.59. The maximum absolute atomic E-state index is 14.4. The van der Waals surface area contributed by atoms with E-state index in [0.717, 1.165) is 0 Å². The Balaban J connectivity index is 2.19. The Morgan fingerprint density at radius 3 is 1.27 bits per heavy atom. The van der Waals surface area contributed by atoms with Crippen LogP contribution in [0.4, 0.5) is 77.2 Å². The minimum Gasteiger partial charge on any atom is -0.451 e. The zero-order valence-electron chi connectivity index (χ0n) is 18.4. The van der Waals surface area contributed by atoms with Crippen LogP contribution in [0.2, 0.25) is 0 Å². The molecule has 0 unspecified atom stereocenters. The van der Waals surface area contributed by atoms with Crippen LogP contribution in [0.1, 0.15) is 16.7 Å². The van der Waals surface area contributed by atoms with Crippen molar-refractivity contribution < 1.29 is 75.3 Å². The van der Waals surface area contributed by atoms with Gasteiger partial charge in [-0.3, -0.25) is 0 Å². The monoisotopic (exact) mass is 604 g/mol. The lowest BCUT2D eigenvalue weighted by molar-refractivity contribution is -0.140. The van der Waals surface area contributed by atoms with Crippen molar-refractivity contribution in [2.24, 2.45) is 0 Å². The first-order chi connectivity index (χ1) is 18.1. The van der Waals surface area contributed by atoms with E-state index in [0.29, 0.717) is 0 Å². The minimum absolute atomic E-state index is 0.0517. The highest BCUT2D eigenvalue weighted by Gasteiger charge is 2.43. The Hall–Kier alpha value is -4.19. The first kappa shape index (κ1) is 30.4. The van der Waals surface area contributed by atoms with E-state index in [2.05, 4.69) is 9.47 Å². The van der Waals surface area contributed by atoms with Gasteiger partial charge in [-0.15, -0.1) is 0 Å². The van der Waals surface area contributed by atoms with Gasteiger partial charge < -0.3 is 20.9 Å². The summed E-state index contributed by atoms with van der Waals surface area (Å²) in [6.45, 7) is 0. The van der Waals surface area contributed by atoms with Gasteiger partial charge in [-0.05, 0) is 12.1 Å². The van der Waals surface area contributed by atoms with Crippen molar-refractivity contribution in [3.8, 4) is 23.0 Å². The molecule has 3 aromatic carbocycles. The standard InChI is InChI=1S/C21H7F15N2O2/c22-9-7(20(31,32)33)15(37)13(26)17(11(9)24)39-4-1-2-5(19(28,29)30)6(3-4)40-18-12(25)10(23)8(21(34,35)36)16(38)14(18)27/h1-3H,37-38H2. The van der Waals surface area contributed by atoms with Gasteiger partial charge in [0.25, 0.3) is 0 Å². The van der Waals surface area contributed by atoms with Crippen LogP contribution in [0.5, 0.6) is 23.0 Å². The van der Waals surface area contributed by atoms with Crippen LogP contribution in [0.15, 0.2) is 18.2 Å². The normalized spacial score (nSPS) is 12.6. The van der Waals surface area contributed by atoms with Gasteiger partial charge in [-0.1, -0.05) is 0 Å². The number of ether oxygens (including phenoxy) is 2. The van der Waals surface area contributed by atoms with E-state index in [-0.39, 0.29) is 18.2 Å². The molecular formula is C21H7F15N2O2. The molecule has 40 heavy (non-hydrogen) atoms. The highest BCUT2D eigenvalue weighted by Crippen LogP contribution is 2.47. The van der Waals surface area contributed by atoms with Gasteiger partial charge in [0.2, 0.25) is 23.1 Å². The molecule has 0 saturated carbocycles. The molecule has 0 saturated heterocycles. The molecule has 0 radical (unpaired) electrons. The molecule has 0 bridgehead atoms. The second kappa shape index (κ2) is 9.77. The SMILES string of the molecule is Nc1c(F)c(Oc2ccc(C(F)(F)F)c(Oc3c(F)c(N)c(C(F)(F)F)c(F)c3F)c2)c(F)c(F)c1C(F)(F)F. The Morgan fingerprint density at radius 2 is 0.900 bits per heavy atom. The van der Waals surface area contributed by atoms with E-state index in [1.165, 1.54) is 0 Å². The van der Waals surface area contributed by atoms with Crippen molar-refractivity contribution in [1.29, 1.82) is 0 Å². The van der Waals surface area contributed by atoms with Crippen LogP contribution in [-0.4, -0.2) is 0 Å². The first-order valence-electron chi connectivity index (χ1n) is 9.72. The Labute approximate surface area is 210 Å². The van der Waals surface area contributed by atoms with Crippen LogP contribution in [0.25, 0.3) is 0 Å². The number of nitrogen functional groups attached to an aromatic ring is 2. The predicted molar refractivity (Wildman–Crippen MR) is 103 cm³/mol. The van der Waals surface area contributed by atoms with E-state index in [1.807, 2.05) is 0 Å². The molecule has 3 rings (SSSR count). The molecule has 0 aliphatic rings. The maximum Gasteiger partial charge on any atom is 0.421 e. The number of hydrogen-bond donors (Lipinski definition) is 2. The lowest BCUT2D eigenvalue weighted by Crippen LogP contribution is -2.16. The smallest absolute Gasteiger partial charge is 0.421 e. The zero-order valence-corrected chi connectivity index (χ0v) is 18.4. The third-order valence-corrected chi connectivity index (χ3v) is 4.89. The maximum atomic E-state index is 14.4. The molecule has 0 aliphatic carbocycles. The molecule has 0 amide bonds. The minimum atomic E-state index is -5.77. The summed E-state index contributed by atoms with van der Waals surface area (Å²) in [5.41, 5.74) is -1.72. The quantitative estimate of drug-likeness (QED) is 0.179. The number of alkyl halides is 9. The van der Waals surface area contributed by atoms with Gasteiger partial charge in [-0.2, -0.15) is 48.3 Å². The fourth-order valence-electron chi connectivity index (χ4n) is 3.16. The summed E-state index contributed by atoms with van der Waals surface area (Å²) in [5, 5.41) is 0. The molecule has 218 valence electrons. The number of nitrogens with two attached hydrogens (primary N) is 2. The number of hydrogen-bond acceptors (Lipinski definition) is 4.